The topological polar surface area (TPSA) is 62.2 Å². The number of thiazole rings is 1. The van der Waals surface area contributed by atoms with E-state index in [1.807, 2.05) is 6.92 Å². The average Bonchev–Trinajstić information content (AvgIpc) is 2.57. The van der Waals surface area contributed by atoms with Crippen LogP contribution in [0.5, 0.6) is 0 Å². The van der Waals surface area contributed by atoms with E-state index in [0.29, 0.717) is 6.42 Å². The molecule has 5 heteroatoms. The first-order chi connectivity index (χ1) is 7.18. The second kappa shape index (κ2) is 6.53. The molecule has 0 aliphatic carbocycles. The number of carbonyl (C=O) groups is 1. The lowest BCUT2D eigenvalue weighted by molar-refractivity contribution is -0.137. The van der Waals surface area contributed by atoms with Crippen molar-refractivity contribution in [2.75, 3.05) is 13.1 Å². The molecule has 0 aromatic carbocycles. The molecule has 84 valence electrons. The van der Waals surface area contributed by atoms with Gasteiger partial charge in [0.25, 0.3) is 0 Å². The lowest BCUT2D eigenvalue weighted by atomic mass is 10.3. The van der Waals surface area contributed by atoms with Crippen LogP contribution in [-0.2, 0) is 11.2 Å². The lowest BCUT2D eigenvalue weighted by Crippen LogP contribution is -2.19. The number of carboxylic acids is 1. The van der Waals surface area contributed by atoms with Gasteiger partial charge in [0, 0.05) is 24.8 Å². The molecule has 0 fully saturated rings. The van der Waals surface area contributed by atoms with Crippen LogP contribution in [0.4, 0.5) is 0 Å². The Morgan fingerprint density at radius 2 is 2.40 bits per heavy atom. The summed E-state index contributed by atoms with van der Waals surface area (Å²) in [5.74, 6) is -0.730. The van der Waals surface area contributed by atoms with Crippen molar-refractivity contribution in [3.8, 4) is 0 Å². The molecule has 15 heavy (non-hydrogen) atoms. The fourth-order valence-corrected chi connectivity index (χ4v) is 1.88. The molecule has 4 nitrogen and oxygen atoms in total. The minimum Gasteiger partial charge on any atom is -0.481 e. The maximum Gasteiger partial charge on any atom is 0.303 e. The molecule has 0 unspecified atom stereocenters. The monoisotopic (exact) mass is 228 g/mol. The highest BCUT2D eigenvalue weighted by Crippen LogP contribution is 2.07. The zero-order chi connectivity index (χ0) is 11.1. The van der Waals surface area contributed by atoms with Gasteiger partial charge in [-0.05, 0) is 19.9 Å². The standard InChI is InChI=1S/C10H16N2O2S/c1-8-12-9(7-15-8)4-6-11-5-2-3-10(13)14/h7,11H,2-6H2,1H3,(H,13,14). The summed E-state index contributed by atoms with van der Waals surface area (Å²) in [7, 11) is 0. The normalized spacial score (nSPS) is 10.5. The molecule has 1 aromatic rings. The van der Waals surface area contributed by atoms with E-state index in [1.165, 1.54) is 0 Å². The quantitative estimate of drug-likeness (QED) is 0.693. The van der Waals surface area contributed by atoms with Crippen LogP contribution in [0, 0.1) is 6.92 Å². The Hall–Kier alpha value is -0.940. The summed E-state index contributed by atoms with van der Waals surface area (Å²) in [6.07, 6.45) is 1.84. The first-order valence-electron chi connectivity index (χ1n) is 5.02. The number of rotatable bonds is 7. The SMILES string of the molecule is Cc1nc(CCNCCCC(=O)O)cs1. The van der Waals surface area contributed by atoms with Gasteiger partial charge >= 0.3 is 5.97 Å². The third kappa shape index (κ3) is 5.49. The van der Waals surface area contributed by atoms with Gasteiger partial charge in [0.2, 0.25) is 0 Å². The molecule has 1 rings (SSSR count). The van der Waals surface area contributed by atoms with Gasteiger partial charge in [0.15, 0.2) is 0 Å². The Labute approximate surface area is 93.4 Å². The number of hydrogen-bond donors (Lipinski definition) is 2. The molecule has 2 N–H and O–H groups in total. The Kier molecular flexibility index (Phi) is 5.28. The van der Waals surface area contributed by atoms with Crippen LogP contribution in [0.2, 0.25) is 0 Å². The van der Waals surface area contributed by atoms with Crippen molar-refractivity contribution in [2.24, 2.45) is 0 Å². The highest BCUT2D eigenvalue weighted by molar-refractivity contribution is 7.09. The fourth-order valence-electron chi connectivity index (χ4n) is 1.23. The Morgan fingerprint density at radius 1 is 1.60 bits per heavy atom. The second-order valence-electron chi connectivity index (χ2n) is 3.36. The summed E-state index contributed by atoms with van der Waals surface area (Å²) in [6.45, 7) is 3.62. The van der Waals surface area contributed by atoms with Crippen molar-refractivity contribution in [1.29, 1.82) is 0 Å². The minimum absolute atomic E-state index is 0.239. The van der Waals surface area contributed by atoms with Crippen molar-refractivity contribution < 1.29 is 9.90 Å². The van der Waals surface area contributed by atoms with Gasteiger partial charge in [-0.1, -0.05) is 0 Å². The number of hydrogen-bond acceptors (Lipinski definition) is 4. The van der Waals surface area contributed by atoms with Crippen LogP contribution in [-0.4, -0.2) is 29.1 Å². The third-order valence-electron chi connectivity index (χ3n) is 1.97. The smallest absolute Gasteiger partial charge is 0.303 e. The van der Waals surface area contributed by atoms with Crippen LogP contribution < -0.4 is 5.32 Å². The Balaban J connectivity index is 2.00. The molecule has 1 aromatic heterocycles. The molecule has 0 bridgehead atoms. The van der Waals surface area contributed by atoms with Crippen molar-refractivity contribution >= 4 is 17.3 Å². The van der Waals surface area contributed by atoms with Crippen molar-refractivity contribution in [2.45, 2.75) is 26.2 Å². The summed E-state index contributed by atoms with van der Waals surface area (Å²) >= 11 is 1.66. The molecule has 1 heterocycles. The van der Waals surface area contributed by atoms with Crippen LogP contribution in [0.15, 0.2) is 5.38 Å². The van der Waals surface area contributed by atoms with Crippen LogP contribution in [0.25, 0.3) is 0 Å². The van der Waals surface area contributed by atoms with Gasteiger partial charge in [-0.3, -0.25) is 4.79 Å². The molecule has 0 radical (unpaired) electrons. The number of aryl methyl sites for hydroxylation is 1. The van der Waals surface area contributed by atoms with E-state index in [2.05, 4.69) is 15.7 Å². The number of carboxylic acid groups (broad SMARTS) is 1. The Morgan fingerprint density at radius 3 is 3.00 bits per heavy atom. The van der Waals surface area contributed by atoms with Crippen LogP contribution >= 0.6 is 11.3 Å². The summed E-state index contributed by atoms with van der Waals surface area (Å²) < 4.78 is 0. The first kappa shape index (κ1) is 12.1. The molecule has 0 spiro atoms. The Bertz CT molecular complexity index is 312. The van der Waals surface area contributed by atoms with Crippen LogP contribution in [0.3, 0.4) is 0 Å². The van der Waals surface area contributed by atoms with Gasteiger partial charge in [-0.2, -0.15) is 0 Å². The fraction of sp³-hybridized carbons (Fsp3) is 0.600. The van der Waals surface area contributed by atoms with Gasteiger partial charge in [-0.15, -0.1) is 11.3 Å². The second-order valence-corrected chi connectivity index (χ2v) is 4.42. The lowest BCUT2D eigenvalue weighted by Gasteiger charge is -2.01. The van der Waals surface area contributed by atoms with E-state index >= 15 is 0 Å². The molecule has 0 saturated heterocycles. The summed E-state index contributed by atoms with van der Waals surface area (Å²) in [5.41, 5.74) is 1.11. The molecular formula is C10H16N2O2S. The predicted octanol–water partition coefficient (Wildman–Crippen LogP) is 1.45. The molecule has 0 aliphatic rings. The maximum absolute atomic E-state index is 10.2. The zero-order valence-electron chi connectivity index (χ0n) is 8.82. The number of nitrogens with one attached hydrogen (secondary N) is 1. The van der Waals surface area contributed by atoms with E-state index in [-0.39, 0.29) is 6.42 Å². The van der Waals surface area contributed by atoms with Crippen LogP contribution in [0.1, 0.15) is 23.5 Å². The van der Waals surface area contributed by atoms with Gasteiger partial charge in [0.1, 0.15) is 0 Å². The number of aromatic nitrogens is 1. The molecule has 0 saturated carbocycles. The molecule has 0 aliphatic heterocycles. The molecular weight excluding hydrogens is 212 g/mol. The minimum atomic E-state index is -0.730. The number of aliphatic carboxylic acids is 1. The summed E-state index contributed by atoms with van der Waals surface area (Å²) in [6, 6.07) is 0. The van der Waals surface area contributed by atoms with Crippen molar-refractivity contribution in [1.82, 2.24) is 10.3 Å². The highest BCUT2D eigenvalue weighted by Gasteiger charge is 1.98. The highest BCUT2D eigenvalue weighted by atomic mass is 32.1. The van der Waals surface area contributed by atoms with E-state index < -0.39 is 5.97 Å². The average molecular weight is 228 g/mol. The summed E-state index contributed by atoms with van der Waals surface area (Å²) in [5, 5.41) is 14.8. The summed E-state index contributed by atoms with van der Waals surface area (Å²) in [4.78, 5) is 14.6. The van der Waals surface area contributed by atoms with E-state index in [9.17, 15) is 4.79 Å². The van der Waals surface area contributed by atoms with Gasteiger partial charge in [-0.25, -0.2) is 4.98 Å². The molecule has 0 atom stereocenters. The van der Waals surface area contributed by atoms with E-state index in [1.54, 1.807) is 11.3 Å². The third-order valence-corrected chi connectivity index (χ3v) is 2.79. The van der Waals surface area contributed by atoms with E-state index in [4.69, 9.17) is 5.11 Å². The van der Waals surface area contributed by atoms with Gasteiger partial charge < -0.3 is 10.4 Å². The number of nitrogens with zero attached hydrogens (tertiary/aromatic N) is 1. The van der Waals surface area contributed by atoms with Crippen molar-refractivity contribution in [3.05, 3.63) is 16.1 Å². The van der Waals surface area contributed by atoms with Crippen molar-refractivity contribution in [3.63, 3.8) is 0 Å². The predicted molar refractivity (Wildman–Crippen MR) is 60.3 cm³/mol. The zero-order valence-corrected chi connectivity index (χ0v) is 9.64. The van der Waals surface area contributed by atoms with Gasteiger partial charge in [0.05, 0.1) is 10.7 Å². The van der Waals surface area contributed by atoms with E-state index in [0.717, 1.165) is 30.2 Å². The molecule has 0 amide bonds. The largest absolute Gasteiger partial charge is 0.481 e. The maximum atomic E-state index is 10.2. The first-order valence-corrected chi connectivity index (χ1v) is 5.90.